The van der Waals surface area contributed by atoms with Crippen molar-refractivity contribution in [3.8, 4) is 0 Å². The molecule has 0 saturated heterocycles. The van der Waals surface area contributed by atoms with Gasteiger partial charge in [0.05, 0.1) is 10.5 Å². The SMILES string of the molecule is CC(C)(CCO)CNc1ccc([N+](=O)[O-])cc1C(F)(F)F. The number of aliphatic hydroxyl groups excluding tert-OH is 1. The average molecular weight is 306 g/mol. The minimum atomic E-state index is -4.69. The predicted molar refractivity (Wildman–Crippen MR) is 72.1 cm³/mol. The Balaban J connectivity index is 3.04. The topological polar surface area (TPSA) is 75.4 Å². The molecule has 1 aromatic carbocycles. The third-order valence-corrected chi connectivity index (χ3v) is 3.07. The van der Waals surface area contributed by atoms with Crippen LogP contribution in [0.4, 0.5) is 24.5 Å². The first-order valence-electron chi connectivity index (χ1n) is 6.27. The van der Waals surface area contributed by atoms with Gasteiger partial charge in [-0.3, -0.25) is 10.1 Å². The molecule has 118 valence electrons. The zero-order chi connectivity index (χ0) is 16.3. The number of alkyl halides is 3. The third-order valence-electron chi connectivity index (χ3n) is 3.07. The maximum absolute atomic E-state index is 13.0. The van der Waals surface area contributed by atoms with Crippen molar-refractivity contribution in [3.05, 3.63) is 33.9 Å². The molecule has 8 heteroatoms. The van der Waals surface area contributed by atoms with E-state index in [1.165, 1.54) is 0 Å². The lowest BCUT2D eigenvalue weighted by molar-refractivity contribution is -0.385. The van der Waals surface area contributed by atoms with Gasteiger partial charge in [0.2, 0.25) is 0 Å². The molecular formula is C13H17F3N2O3. The number of hydrogen-bond acceptors (Lipinski definition) is 4. The van der Waals surface area contributed by atoms with Crippen LogP contribution in [-0.2, 0) is 6.18 Å². The standard InChI is InChI=1S/C13H17F3N2O3/c1-12(2,5-6-19)8-17-11-4-3-9(18(20)21)7-10(11)13(14,15)16/h3-4,7,17,19H,5-6,8H2,1-2H3. The van der Waals surface area contributed by atoms with Gasteiger partial charge < -0.3 is 10.4 Å². The van der Waals surface area contributed by atoms with E-state index in [4.69, 9.17) is 5.11 Å². The molecule has 0 spiro atoms. The van der Waals surface area contributed by atoms with Crippen molar-refractivity contribution in [2.24, 2.45) is 5.41 Å². The van der Waals surface area contributed by atoms with E-state index in [1.807, 2.05) is 0 Å². The van der Waals surface area contributed by atoms with Gasteiger partial charge in [-0.2, -0.15) is 13.2 Å². The molecule has 0 aliphatic rings. The van der Waals surface area contributed by atoms with Gasteiger partial charge in [0.1, 0.15) is 0 Å². The van der Waals surface area contributed by atoms with E-state index in [0.29, 0.717) is 12.5 Å². The maximum atomic E-state index is 13.0. The number of benzene rings is 1. The normalized spacial score (nSPS) is 12.3. The molecule has 21 heavy (non-hydrogen) atoms. The van der Waals surface area contributed by atoms with Gasteiger partial charge >= 0.3 is 6.18 Å². The fourth-order valence-corrected chi connectivity index (χ4v) is 1.76. The number of halogens is 3. The summed E-state index contributed by atoms with van der Waals surface area (Å²) in [6.07, 6.45) is -4.26. The van der Waals surface area contributed by atoms with Crippen LogP contribution >= 0.6 is 0 Å². The molecule has 0 aliphatic carbocycles. The summed E-state index contributed by atoms with van der Waals surface area (Å²) in [6.45, 7) is 3.74. The quantitative estimate of drug-likeness (QED) is 0.623. The van der Waals surface area contributed by atoms with E-state index >= 15 is 0 Å². The van der Waals surface area contributed by atoms with Crippen molar-refractivity contribution >= 4 is 11.4 Å². The van der Waals surface area contributed by atoms with Crippen molar-refractivity contribution in [1.29, 1.82) is 0 Å². The Hall–Kier alpha value is -1.83. The van der Waals surface area contributed by atoms with Crippen LogP contribution in [0.2, 0.25) is 0 Å². The fraction of sp³-hybridized carbons (Fsp3) is 0.538. The first-order chi connectivity index (χ1) is 9.57. The number of rotatable bonds is 6. The van der Waals surface area contributed by atoms with Crippen LogP contribution < -0.4 is 5.32 Å². The number of aliphatic hydroxyl groups is 1. The number of nitro groups is 1. The molecule has 0 heterocycles. The molecule has 0 aliphatic heterocycles. The summed E-state index contributed by atoms with van der Waals surface area (Å²) in [5.41, 5.74) is -2.29. The molecular weight excluding hydrogens is 289 g/mol. The van der Waals surface area contributed by atoms with Crippen LogP contribution in [0, 0.1) is 15.5 Å². The summed E-state index contributed by atoms with van der Waals surface area (Å²) >= 11 is 0. The van der Waals surface area contributed by atoms with Crippen LogP contribution in [0.3, 0.4) is 0 Å². The van der Waals surface area contributed by atoms with Crippen LogP contribution in [0.15, 0.2) is 18.2 Å². The number of nitrogens with zero attached hydrogens (tertiary/aromatic N) is 1. The zero-order valence-corrected chi connectivity index (χ0v) is 11.7. The van der Waals surface area contributed by atoms with E-state index in [0.717, 1.165) is 12.1 Å². The molecule has 0 aromatic heterocycles. The minimum Gasteiger partial charge on any atom is -0.396 e. The highest BCUT2D eigenvalue weighted by atomic mass is 19.4. The number of anilines is 1. The molecule has 0 amide bonds. The van der Waals surface area contributed by atoms with Gasteiger partial charge in [-0.05, 0) is 17.9 Å². The van der Waals surface area contributed by atoms with E-state index < -0.39 is 27.8 Å². The highest BCUT2D eigenvalue weighted by Crippen LogP contribution is 2.37. The van der Waals surface area contributed by atoms with Crippen LogP contribution in [-0.4, -0.2) is 23.2 Å². The second kappa shape index (κ2) is 6.30. The molecule has 1 aromatic rings. The minimum absolute atomic E-state index is 0.0684. The van der Waals surface area contributed by atoms with Crippen LogP contribution in [0.5, 0.6) is 0 Å². The van der Waals surface area contributed by atoms with Gasteiger partial charge in [-0.15, -0.1) is 0 Å². The van der Waals surface area contributed by atoms with E-state index in [2.05, 4.69) is 5.32 Å². The summed E-state index contributed by atoms with van der Waals surface area (Å²) in [7, 11) is 0. The maximum Gasteiger partial charge on any atom is 0.418 e. The van der Waals surface area contributed by atoms with Crippen molar-refractivity contribution < 1.29 is 23.2 Å². The second-order valence-corrected chi connectivity index (χ2v) is 5.48. The van der Waals surface area contributed by atoms with Crippen LogP contribution in [0.25, 0.3) is 0 Å². The second-order valence-electron chi connectivity index (χ2n) is 5.48. The molecule has 0 fully saturated rings. The van der Waals surface area contributed by atoms with Crippen LogP contribution in [0.1, 0.15) is 25.8 Å². The van der Waals surface area contributed by atoms with Gasteiger partial charge in [-0.1, -0.05) is 13.8 Å². The Morgan fingerprint density at radius 3 is 2.43 bits per heavy atom. The van der Waals surface area contributed by atoms with Gasteiger partial charge in [0, 0.05) is 31.0 Å². The van der Waals surface area contributed by atoms with E-state index in [1.54, 1.807) is 13.8 Å². The van der Waals surface area contributed by atoms with Gasteiger partial charge in [0.15, 0.2) is 0 Å². The Bertz CT molecular complexity index is 516. The average Bonchev–Trinajstić information content (AvgIpc) is 2.35. The predicted octanol–water partition coefficient (Wildman–Crippen LogP) is 3.43. The number of nitrogens with one attached hydrogen (secondary N) is 1. The lowest BCUT2D eigenvalue weighted by Gasteiger charge is -2.25. The molecule has 0 bridgehead atoms. The smallest absolute Gasteiger partial charge is 0.396 e. The molecule has 2 N–H and O–H groups in total. The monoisotopic (exact) mass is 306 g/mol. The first-order valence-corrected chi connectivity index (χ1v) is 6.27. The highest BCUT2D eigenvalue weighted by Gasteiger charge is 2.35. The summed E-state index contributed by atoms with van der Waals surface area (Å²) in [5.74, 6) is 0. The zero-order valence-electron chi connectivity index (χ0n) is 11.7. The molecule has 0 radical (unpaired) electrons. The molecule has 1 rings (SSSR count). The highest BCUT2D eigenvalue weighted by molar-refractivity contribution is 5.57. The molecule has 0 saturated carbocycles. The Labute approximate surface area is 119 Å². The lowest BCUT2D eigenvalue weighted by Crippen LogP contribution is -2.25. The van der Waals surface area contributed by atoms with Crippen molar-refractivity contribution in [2.45, 2.75) is 26.4 Å². The van der Waals surface area contributed by atoms with Crippen molar-refractivity contribution in [3.63, 3.8) is 0 Å². The Morgan fingerprint density at radius 2 is 1.95 bits per heavy atom. The van der Waals surface area contributed by atoms with Crippen molar-refractivity contribution in [2.75, 3.05) is 18.5 Å². The third kappa shape index (κ3) is 4.89. The summed E-state index contributed by atoms with van der Waals surface area (Å²) in [6, 6.07) is 2.59. The van der Waals surface area contributed by atoms with Gasteiger partial charge in [-0.25, -0.2) is 0 Å². The molecule has 0 unspecified atom stereocenters. The number of hydrogen-bond donors (Lipinski definition) is 2. The molecule has 5 nitrogen and oxygen atoms in total. The van der Waals surface area contributed by atoms with E-state index in [9.17, 15) is 23.3 Å². The van der Waals surface area contributed by atoms with Gasteiger partial charge in [0.25, 0.3) is 5.69 Å². The lowest BCUT2D eigenvalue weighted by atomic mass is 9.89. The van der Waals surface area contributed by atoms with E-state index in [-0.39, 0.29) is 18.8 Å². The summed E-state index contributed by atoms with van der Waals surface area (Å²) in [5, 5.41) is 22.1. The van der Waals surface area contributed by atoms with Crippen molar-refractivity contribution in [1.82, 2.24) is 0 Å². The Kier molecular flexibility index (Phi) is 5.16. The number of nitro benzene ring substituents is 1. The fourth-order valence-electron chi connectivity index (χ4n) is 1.76. The summed E-state index contributed by atoms with van der Waals surface area (Å²) in [4.78, 5) is 9.72. The first kappa shape index (κ1) is 17.2. The number of non-ortho nitro benzene ring substituents is 1. The summed E-state index contributed by atoms with van der Waals surface area (Å²) < 4.78 is 38.9. The largest absolute Gasteiger partial charge is 0.418 e. The molecule has 0 atom stereocenters. The Morgan fingerprint density at radius 1 is 1.33 bits per heavy atom.